The van der Waals surface area contributed by atoms with Crippen molar-refractivity contribution >= 4 is 17.7 Å². The van der Waals surface area contributed by atoms with Crippen molar-refractivity contribution in [2.24, 2.45) is 0 Å². The van der Waals surface area contributed by atoms with E-state index in [4.69, 9.17) is 9.15 Å². The number of hydrogen-bond acceptors (Lipinski definition) is 7. The van der Waals surface area contributed by atoms with E-state index in [-0.39, 0.29) is 12.6 Å². The van der Waals surface area contributed by atoms with Gasteiger partial charge in [-0.25, -0.2) is 0 Å². The average Bonchev–Trinajstić information content (AvgIpc) is 3.40. The molecule has 0 radical (unpaired) electrons. The molecule has 0 amide bonds. The van der Waals surface area contributed by atoms with Crippen molar-refractivity contribution in [1.82, 2.24) is 15.1 Å². The highest BCUT2D eigenvalue weighted by atomic mass is 32.2. The lowest BCUT2D eigenvalue weighted by molar-refractivity contribution is -0.144. The number of nitrogens with zero attached hydrogens (tertiary/aromatic N) is 3. The Morgan fingerprint density at radius 1 is 1.03 bits per heavy atom. The van der Waals surface area contributed by atoms with E-state index in [0.717, 1.165) is 59.4 Å². The van der Waals surface area contributed by atoms with Gasteiger partial charge >= 0.3 is 5.97 Å². The van der Waals surface area contributed by atoms with Gasteiger partial charge in [0.15, 0.2) is 6.61 Å². The van der Waals surface area contributed by atoms with Crippen molar-refractivity contribution in [3.05, 3.63) is 95.4 Å². The molecule has 1 atom stereocenters. The third-order valence-corrected chi connectivity index (χ3v) is 7.73. The highest BCUT2D eigenvalue weighted by Gasteiger charge is 2.28. The first-order chi connectivity index (χ1) is 18.6. The molecule has 1 unspecified atom stereocenters. The summed E-state index contributed by atoms with van der Waals surface area (Å²) >= 11 is 1.48. The minimum absolute atomic E-state index is 0.204. The van der Waals surface area contributed by atoms with Gasteiger partial charge in [-0.3, -0.25) is 9.69 Å². The maximum Gasteiger partial charge on any atom is 0.320 e. The second-order valence-electron chi connectivity index (χ2n) is 9.47. The molecule has 0 saturated carbocycles. The number of aromatic nitrogens is 2. The van der Waals surface area contributed by atoms with Crippen LogP contribution in [-0.4, -0.2) is 38.8 Å². The number of benzene rings is 3. The standard InChI is InChI=1S/C30H31N3O4S/c1-21-25(24-8-3-2-4-9-24)10-7-12-27(21)36-19-28-31-32-30(37-28)38-20-23-15-13-22(14-16-23)18-33-17-6-5-11-26(33)29(34)35/h2-4,7-10,12-16,26H,5-6,11,17-20H2,1H3,(H,34,35). The minimum Gasteiger partial charge on any atom is -0.484 e. The fourth-order valence-corrected chi connectivity index (χ4v) is 5.51. The van der Waals surface area contributed by atoms with Crippen LogP contribution in [0.4, 0.5) is 0 Å². The quantitative estimate of drug-likeness (QED) is 0.238. The summed E-state index contributed by atoms with van der Waals surface area (Å²) < 4.78 is 11.8. The number of hydrogen-bond donors (Lipinski definition) is 1. The van der Waals surface area contributed by atoms with Crippen LogP contribution in [0.2, 0.25) is 0 Å². The third-order valence-electron chi connectivity index (χ3n) is 6.84. The lowest BCUT2D eigenvalue weighted by Gasteiger charge is -2.32. The molecule has 1 aliphatic heterocycles. The molecule has 196 valence electrons. The zero-order valence-corrected chi connectivity index (χ0v) is 22.2. The summed E-state index contributed by atoms with van der Waals surface area (Å²) in [4.78, 5) is 13.6. The van der Waals surface area contributed by atoms with Gasteiger partial charge in [-0.1, -0.05) is 84.9 Å². The molecule has 0 aliphatic carbocycles. The number of piperidine rings is 1. The Balaban J connectivity index is 1.13. The van der Waals surface area contributed by atoms with Crippen LogP contribution in [0.25, 0.3) is 11.1 Å². The molecule has 2 heterocycles. The summed E-state index contributed by atoms with van der Waals surface area (Å²) in [5, 5.41) is 18.3. The van der Waals surface area contributed by atoms with Gasteiger partial charge in [0.2, 0.25) is 0 Å². The molecule has 1 aromatic heterocycles. The van der Waals surface area contributed by atoms with Gasteiger partial charge in [-0.05, 0) is 60.2 Å². The van der Waals surface area contributed by atoms with E-state index in [2.05, 4.69) is 64.5 Å². The summed E-state index contributed by atoms with van der Waals surface area (Å²) in [5.74, 6) is 1.19. The molecule has 7 nitrogen and oxygen atoms in total. The number of aliphatic carboxylic acids is 1. The van der Waals surface area contributed by atoms with Crippen LogP contribution in [0.1, 0.15) is 41.8 Å². The molecule has 1 saturated heterocycles. The van der Waals surface area contributed by atoms with Gasteiger partial charge in [0.25, 0.3) is 11.1 Å². The molecule has 1 fully saturated rings. The number of likely N-dealkylation sites (tertiary alicyclic amines) is 1. The minimum atomic E-state index is -0.724. The monoisotopic (exact) mass is 529 g/mol. The Bertz CT molecular complexity index is 1360. The Labute approximate surface area is 226 Å². The number of rotatable bonds is 10. The van der Waals surface area contributed by atoms with Gasteiger partial charge in [-0.2, -0.15) is 0 Å². The normalized spacial score (nSPS) is 15.9. The second-order valence-corrected chi connectivity index (χ2v) is 10.4. The first-order valence-electron chi connectivity index (χ1n) is 12.8. The van der Waals surface area contributed by atoms with Gasteiger partial charge in [0, 0.05) is 12.3 Å². The van der Waals surface area contributed by atoms with Crippen LogP contribution in [0.5, 0.6) is 5.75 Å². The largest absolute Gasteiger partial charge is 0.484 e. The van der Waals surface area contributed by atoms with E-state index in [1.165, 1.54) is 11.8 Å². The van der Waals surface area contributed by atoms with Crippen molar-refractivity contribution in [1.29, 1.82) is 0 Å². The molecule has 1 N–H and O–H groups in total. The zero-order valence-electron chi connectivity index (χ0n) is 21.4. The van der Waals surface area contributed by atoms with E-state index in [1.807, 2.05) is 30.3 Å². The molecular formula is C30H31N3O4S. The summed E-state index contributed by atoms with van der Waals surface area (Å²) in [7, 11) is 0. The molecule has 0 bridgehead atoms. The molecular weight excluding hydrogens is 498 g/mol. The van der Waals surface area contributed by atoms with E-state index in [1.54, 1.807) is 0 Å². The van der Waals surface area contributed by atoms with Crippen molar-refractivity contribution < 1.29 is 19.1 Å². The first kappa shape index (κ1) is 26.0. The lowest BCUT2D eigenvalue weighted by Crippen LogP contribution is -2.43. The Hall–Kier alpha value is -3.62. The number of carbonyl (C=O) groups is 1. The number of carboxylic acid groups (broad SMARTS) is 1. The fourth-order valence-electron chi connectivity index (χ4n) is 4.78. The number of carboxylic acids is 1. The summed E-state index contributed by atoms with van der Waals surface area (Å²) in [6.07, 6.45) is 2.75. The van der Waals surface area contributed by atoms with Crippen molar-refractivity contribution in [2.45, 2.75) is 56.4 Å². The van der Waals surface area contributed by atoms with Crippen LogP contribution in [0, 0.1) is 6.92 Å². The molecule has 8 heteroatoms. The van der Waals surface area contributed by atoms with Crippen LogP contribution < -0.4 is 4.74 Å². The molecule has 3 aromatic carbocycles. The van der Waals surface area contributed by atoms with Gasteiger partial charge in [0.1, 0.15) is 11.8 Å². The molecule has 5 rings (SSSR count). The van der Waals surface area contributed by atoms with E-state index < -0.39 is 5.97 Å². The second kappa shape index (κ2) is 12.3. The van der Waals surface area contributed by atoms with Crippen molar-refractivity contribution in [3.63, 3.8) is 0 Å². The van der Waals surface area contributed by atoms with Crippen LogP contribution >= 0.6 is 11.8 Å². The predicted octanol–water partition coefficient (Wildman–Crippen LogP) is 6.36. The molecule has 38 heavy (non-hydrogen) atoms. The SMILES string of the molecule is Cc1c(OCc2nnc(SCc3ccc(CN4CCCCC4C(=O)O)cc3)o2)cccc1-c1ccccc1. The van der Waals surface area contributed by atoms with Crippen molar-refractivity contribution in [2.75, 3.05) is 6.54 Å². The van der Waals surface area contributed by atoms with Crippen LogP contribution in [0.15, 0.2) is 82.4 Å². The van der Waals surface area contributed by atoms with E-state index >= 15 is 0 Å². The smallest absolute Gasteiger partial charge is 0.320 e. The molecule has 1 aliphatic rings. The topological polar surface area (TPSA) is 88.7 Å². The van der Waals surface area contributed by atoms with Crippen LogP contribution in [-0.2, 0) is 23.7 Å². The predicted molar refractivity (Wildman–Crippen MR) is 147 cm³/mol. The Morgan fingerprint density at radius 3 is 2.61 bits per heavy atom. The van der Waals surface area contributed by atoms with E-state index in [9.17, 15) is 9.90 Å². The summed E-state index contributed by atoms with van der Waals surface area (Å²) in [6, 6.07) is 24.2. The zero-order chi connectivity index (χ0) is 26.3. The summed E-state index contributed by atoms with van der Waals surface area (Å²) in [5.41, 5.74) is 5.60. The van der Waals surface area contributed by atoms with Gasteiger partial charge in [0.05, 0.1) is 0 Å². The number of ether oxygens (including phenoxy) is 1. The Morgan fingerprint density at radius 2 is 1.82 bits per heavy atom. The first-order valence-corrected chi connectivity index (χ1v) is 13.8. The molecule has 0 spiro atoms. The van der Waals surface area contributed by atoms with Gasteiger partial charge < -0.3 is 14.3 Å². The highest BCUT2D eigenvalue weighted by molar-refractivity contribution is 7.98. The summed E-state index contributed by atoms with van der Waals surface area (Å²) in [6.45, 7) is 3.74. The van der Waals surface area contributed by atoms with E-state index in [0.29, 0.717) is 23.4 Å². The molecule has 4 aromatic rings. The van der Waals surface area contributed by atoms with Crippen LogP contribution in [0.3, 0.4) is 0 Å². The maximum absolute atomic E-state index is 11.6. The maximum atomic E-state index is 11.6. The van der Waals surface area contributed by atoms with Gasteiger partial charge in [-0.15, -0.1) is 10.2 Å². The fraction of sp³-hybridized carbons (Fsp3) is 0.300. The average molecular weight is 530 g/mol. The number of thioether (sulfide) groups is 1. The van der Waals surface area contributed by atoms with Crippen molar-refractivity contribution in [3.8, 4) is 16.9 Å². The lowest BCUT2D eigenvalue weighted by atomic mass is 10.00. The highest BCUT2D eigenvalue weighted by Crippen LogP contribution is 2.30. The Kier molecular flexibility index (Phi) is 8.41. The third kappa shape index (κ3) is 6.44.